The van der Waals surface area contributed by atoms with Gasteiger partial charge in [0, 0.05) is 38.6 Å². The van der Waals surface area contributed by atoms with Crippen LogP contribution in [-0.2, 0) is 0 Å². The number of rotatable bonds is 6. The molecule has 0 amide bonds. The van der Waals surface area contributed by atoms with Gasteiger partial charge in [0.1, 0.15) is 5.58 Å². The molecule has 0 radical (unpaired) electrons. The number of benzene rings is 8. The van der Waals surface area contributed by atoms with Crippen LogP contribution in [0, 0.1) is 0 Å². The fraction of sp³-hybridized carbons (Fsp3) is 0. The van der Waals surface area contributed by atoms with Gasteiger partial charge in [-0.3, -0.25) is 0 Å². The summed E-state index contributed by atoms with van der Waals surface area (Å²) < 4.78 is 9.21. The lowest BCUT2D eigenvalue weighted by Crippen LogP contribution is -2.10. The molecule has 0 bridgehead atoms. The number of hydrogen-bond donors (Lipinski definition) is 0. The highest BCUT2D eigenvalue weighted by Gasteiger charge is 2.26. The van der Waals surface area contributed by atoms with E-state index in [2.05, 4.69) is 198 Å². The van der Waals surface area contributed by atoms with Crippen molar-refractivity contribution in [3.8, 4) is 27.9 Å². The first-order valence-corrected chi connectivity index (χ1v) is 17.4. The van der Waals surface area contributed by atoms with E-state index in [0.717, 1.165) is 61.1 Å². The zero-order valence-corrected chi connectivity index (χ0v) is 27.8. The Bertz CT molecular complexity index is 2820. The maximum atomic E-state index is 6.82. The average Bonchev–Trinajstić information content (AvgIpc) is 3.76. The first-order valence-electron chi connectivity index (χ1n) is 17.4. The molecule has 0 aliphatic carbocycles. The zero-order valence-electron chi connectivity index (χ0n) is 27.8. The number of nitrogens with zero attached hydrogens (tertiary/aromatic N) is 2. The number of aromatic nitrogens is 1. The Morgan fingerprint density at radius 2 is 0.922 bits per heavy atom. The summed E-state index contributed by atoms with van der Waals surface area (Å²) in [5, 5.41) is 4.48. The van der Waals surface area contributed by atoms with Gasteiger partial charge in [-0.2, -0.15) is 0 Å². The van der Waals surface area contributed by atoms with Gasteiger partial charge in [0.05, 0.1) is 16.7 Å². The molecule has 0 aliphatic rings. The van der Waals surface area contributed by atoms with Crippen LogP contribution in [0.15, 0.2) is 199 Å². The van der Waals surface area contributed by atoms with Crippen LogP contribution in [0.25, 0.3) is 71.7 Å². The van der Waals surface area contributed by atoms with Gasteiger partial charge < -0.3 is 13.9 Å². The van der Waals surface area contributed by atoms with Crippen molar-refractivity contribution >= 4 is 60.8 Å². The van der Waals surface area contributed by atoms with Crippen LogP contribution in [0.3, 0.4) is 0 Å². The molecule has 3 nitrogen and oxygen atoms in total. The van der Waals surface area contributed by atoms with E-state index in [1.807, 2.05) is 6.07 Å². The smallest absolute Gasteiger partial charge is 0.160 e. The van der Waals surface area contributed by atoms with Crippen LogP contribution in [0.1, 0.15) is 0 Å². The van der Waals surface area contributed by atoms with Crippen molar-refractivity contribution in [3.63, 3.8) is 0 Å². The Morgan fingerprint density at radius 1 is 0.412 bits per heavy atom. The summed E-state index contributed by atoms with van der Waals surface area (Å²) in [5.74, 6) is 0. The summed E-state index contributed by atoms with van der Waals surface area (Å²) in [6.45, 7) is 0. The predicted octanol–water partition coefficient (Wildman–Crippen LogP) is 13.5. The second-order valence-corrected chi connectivity index (χ2v) is 12.9. The minimum absolute atomic E-state index is 0.876. The topological polar surface area (TPSA) is 21.3 Å². The molecule has 8 aromatic carbocycles. The quantitative estimate of drug-likeness (QED) is 0.178. The molecule has 0 fully saturated rings. The average molecular weight is 653 g/mol. The van der Waals surface area contributed by atoms with E-state index in [0.29, 0.717) is 0 Å². The molecule has 3 heteroatoms. The molecule has 0 atom stereocenters. The van der Waals surface area contributed by atoms with Crippen molar-refractivity contribution in [1.29, 1.82) is 0 Å². The molecular weight excluding hydrogens is 621 g/mol. The van der Waals surface area contributed by atoms with Gasteiger partial charge in [0.25, 0.3) is 0 Å². The normalized spacial score (nSPS) is 11.5. The van der Waals surface area contributed by atoms with E-state index in [9.17, 15) is 0 Å². The van der Waals surface area contributed by atoms with Crippen molar-refractivity contribution in [2.45, 2.75) is 0 Å². The molecule has 10 aromatic rings. The lowest BCUT2D eigenvalue weighted by molar-refractivity contribution is 0.671. The lowest BCUT2D eigenvalue weighted by atomic mass is 10.0. The van der Waals surface area contributed by atoms with Crippen molar-refractivity contribution < 1.29 is 4.42 Å². The van der Waals surface area contributed by atoms with Crippen LogP contribution in [0.4, 0.5) is 17.1 Å². The zero-order chi connectivity index (χ0) is 33.7. The largest absolute Gasteiger partial charge is 0.454 e. The Hall–Kier alpha value is -6.84. The van der Waals surface area contributed by atoms with Crippen LogP contribution in [-0.4, -0.2) is 4.57 Å². The Balaban J connectivity index is 1.29. The Labute approximate surface area is 295 Å². The van der Waals surface area contributed by atoms with Gasteiger partial charge in [0.15, 0.2) is 5.58 Å². The molecule has 2 heterocycles. The molecule has 0 spiro atoms. The van der Waals surface area contributed by atoms with Crippen molar-refractivity contribution in [2.75, 3.05) is 4.90 Å². The van der Waals surface area contributed by atoms with Crippen LogP contribution < -0.4 is 4.90 Å². The standard InChI is InChI=1S/C48H32N2O/c1-4-14-33(15-5-1)35-24-28-38(29-25-35)49(37-18-8-3-9-19-37)44-32-42-40-20-11-13-23-45(40)51-48(42)47-46(44)41-21-10-12-22-43(41)50(47)39-30-26-36(27-31-39)34-16-6-2-7-17-34/h1-32H. The van der Waals surface area contributed by atoms with Gasteiger partial charge >= 0.3 is 0 Å². The Morgan fingerprint density at radius 3 is 1.59 bits per heavy atom. The molecule has 240 valence electrons. The number of anilines is 3. The molecule has 0 unspecified atom stereocenters. The number of para-hydroxylation sites is 3. The summed E-state index contributed by atoms with van der Waals surface area (Å²) in [4.78, 5) is 2.40. The van der Waals surface area contributed by atoms with E-state index >= 15 is 0 Å². The molecule has 51 heavy (non-hydrogen) atoms. The van der Waals surface area contributed by atoms with Gasteiger partial charge in [-0.25, -0.2) is 0 Å². The molecule has 0 N–H and O–H groups in total. The van der Waals surface area contributed by atoms with E-state index in [1.54, 1.807) is 0 Å². The number of hydrogen-bond acceptors (Lipinski definition) is 2. The number of fused-ring (bicyclic) bond motifs is 7. The van der Waals surface area contributed by atoms with E-state index < -0.39 is 0 Å². The summed E-state index contributed by atoms with van der Waals surface area (Å²) in [6, 6.07) is 69.0. The molecule has 0 saturated heterocycles. The summed E-state index contributed by atoms with van der Waals surface area (Å²) in [7, 11) is 0. The third kappa shape index (κ3) is 4.82. The summed E-state index contributed by atoms with van der Waals surface area (Å²) >= 11 is 0. The van der Waals surface area contributed by atoms with E-state index in [4.69, 9.17) is 4.42 Å². The molecule has 0 saturated carbocycles. The highest BCUT2D eigenvalue weighted by molar-refractivity contribution is 6.26. The summed E-state index contributed by atoms with van der Waals surface area (Å²) in [5.41, 5.74) is 13.0. The SMILES string of the molecule is c1ccc(-c2ccc(N(c3ccccc3)c3cc4c5ccccc5oc4c4c3c3ccccc3n4-c3ccc(-c4ccccc4)cc3)cc2)cc1. The van der Waals surface area contributed by atoms with Gasteiger partial charge in [-0.15, -0.1) is 0 Å². The monoisotopic (exact) mass is 652 g/mol. The molecule has 0 aliphatic heterocycles. The first-order chi connectivity index (χ1) is 25.3. The lowest BCUT2D eigenvalue weighted by Gasteiger charge is -2.27. The molecular formula is C48H32N2O. The van der Waals surface area contributed by atoms with Crippen LogP contribution in [0.2, 0.25) is 0 Å². The van der Waals surface area contributed by atoms with Gasteiger partial charge in [-0.05, 0) is 76.9 Å². The fourth-order valence-electron chi connectivity index (χ4n) is 7.62. The van der Waals surface area contributed by atoms with Crippen molar-refractivity contribution in [1.82, 2.24) is 4.57 Å². The minimum Gasteiger partial charge on any atom is -0.454 e. The van der Waals surface area contributed by atoms with Crippen LogP contribution in [0.5, 0.6) is 0 Å². The first kappa shape index (κ1) is 29.1. The highest BCUT2D eigenvalue weighted by atomic mass is 16.3. The van der Waals surface area contributed by atoms with Crippen molar-refractivity contribution in [2.24, 2.45) is 0 Å². The van der Waals surface area contributed by atoms with E-state index in [-0.39, 0.29) is 0 Å². The Kier molecular flexibility index (Phi) is 6.81. The van der Waals surface area contributed by atoms with E-state index in [1.165, 1.54) is 27.6 Å². The summed E-state index contributed by atoms with van der Waals surface area (Å²) in [6.07, 6.45) is 0. The highest BCUT2D eigenvalue weighted by Crippen LogP contribution is 2.48. The maximum absolute atomic E-state index is 6.82. The fourth-order valence-corrected chi connectivity index (χ4v) is 7.62. The maximum Gasteiger partial charge on any atom is 0.160 e. The van der Waals surface area contributed by atoms with Crippen LogP contribution >= 0.6 is 0 Å². The number of furan rings is 1. The van der Waals surface area contributed by atoms with Crippen molar-refractivity contribution in [3.05, 3.63) is 194 Å². The second kappa shape index (κ2) is 11.9. The van der Waals surface area contributed by atoms with Gasteiger partial charge in [0.2, 0.25) is 0 Å². The molecule has 10 rings (SSSR count). The molecule has 2 aromatic heterocycles. The third-order valence-electron chi connectivity index (χ3n) is 9.98. The minimum atomic E-state index is 0.876. The predicted molar refractivity (Wildman–Crippen MR) is 214 cm³/mol. The third-order valence-corrected chi connectivity index (χ3v) is 9.98. The van der Waals surface area contributed by atoms with Gasteiger partial charge in [-0.1, -0.05) is 140 Å². The second-order valence-electron chi connectivity index (χ2n) is 12.9.